The van der Waals surface area contributed by atoms with Crippen LogP contribution in [0.5, 0.6) is 0 Å². The van der Waals surface area contributed by atoms with Gasteiger partial charge in [-0.05, 0) is 23.6 Å². The Morgan fingerprint density at radius 3 is 2.77 bits per heavy atom. The molecule has 3 aromatic rings. The topological polar surface area (TPSA) is 82.5 Å². The van der Waals surface area contributed by atoms with Crippen molar-refractivity contribution in [3.8, 4) is 0 Å². The van der Waals surface area contributed by atoms with Crippen LogP contribution < -0.4 is 5.32 Å². The maximum atomic E-state index is 11.9. The first kappa shape index (κ1) is 15.1. The van der Waals surface area contributed by atoms with Crippen molar-refractivity contribution in [3.63, 3.8) is 0 Å². The van der Waals surface area contributed by atoms with E-state index in [-0.39, 0.29) is 0 Å². The molecule has 114 valence electrons. The lowest BCUT2D eigenvalue weighted by Gasteiger charge is -2.15. The minimum Gasteiger partial charge on any atom is -0.383 e. The van der Waals surface area contributed by atoms with Gasteiger partial charge in [0.25, 0.3) is 5.91 Å². The first-order chi connectivity index (χ1) is 10.6. The fraction of sp³-hybridized carbons (Fsp3) is 0.200. The van der Waals surface area contributed by atoms with Gasteiger partial charge in [-0.25, -0.2) is 4.98 Å². The molecule has 0 aliphatic carbocycles. The Morgan fingerprint density at radius 1 is 1.23 bits per heavy atom. The molecule has 1 amide bonds. The second-order valence-electron chi connectivity index (χ2n) is 4.71. The van der Waals surface area contributed by atoms with Gasteiger partial charge >= 0.3 is 0 Å². The van der Waals surface area contributed by atoms with Gasteiger partial charge in [0.1, 0.15) is 11.1 Å². The van der Waals surface area contributed by atoms with Crippen molar-refractivity contribution in [3.05, 3.63) is 51.7 Å². The largest absolute Gasteiger partial charge is 0.383 e. The number of nitrogens with zero attached hydrogens (tertiary/aromatic N) is 1. The minimum absolute atomic E-state index is 0.333. The molecule has 2 heterocycles. The summed E-state index contributed by atoms with van der Waals surface area (Å²) >= 11 is 2.78. The molecule has 1 aromatic carbocycles. The van der Waals surface area contributed by atoms with E-state index in [0.29, 0.717) is 11.6 Å². The van der Waals surface area contributed by atoms with Crippen LogP contribution in [0.4, 0.5) is 0 Å². The van der Waals surface area contributed by atoms with Gasteiger partial charge < -0.3 is 15.5 Å². The van der Waals surface area contributed by atoms with Crippen LogP contribution in [-0.2, 0) is 11.3 Å². The van der Waals surface area contributed by atoms with E-state index in [1.165, 1.54) is 22.7 Å². The number of thiazole rings is 1. The van der Waals surface area contributed by atoms with E-state index in [9.17, 15) is 15.0 Å². The van der Waals surface area contributed by atoms with E-state index < -0.39 is 18.1 Å². The molecule has 22 heavy (non-hydrogen) atoms. The number of fused-ring (bicyclic) bond motifs is 1. The summed E-state index contributed by atoms with van der Waals surface area (Å²) in [6.45, 7) is 0.333. The monoisotopic (exact) mass is 334 g/mol. The molecule has 2 unspecified atom stereocenters. The number of amides is 1. The van der Waals surface area contributed by atoms with Crippen molar-refractivity contribution in [1.82, 2.24) is 10.3 Å². The quantitative estimate of drug-likeness (QED) is 0.667. The first-order valence-corrected chi connectivity index (χ1v) is 8.36. The second-order valence-corrected chi connectivity index (χ2v) is 6.80. The maximum absolute atomic E-state index is 11.9. The van der Waals surface area contributed by atoms with Gasteiger partial charge in [-0.2, -0.15) is 0 Å². The molecule has 0 aliphatic rings. The Kier molecular flexibility index (Phi) is 4.49. The van der Waals surface area contributed by atoms with Crippen LogP contribution in [0, 0.1) is 0 Å². The fourth-order valence-electron chi connectivity index (χ4n) is 1.99. The molecule has 0 spiro atoms. The highest BCUT2D eigenvalue weighted by Crippen LogP contribution is 2.28. The molecule has 0 aliphatic heterocycles. The SMILES string of the molecule is O=C(NCc1cccs1)C(O)C(O)c1nc2ccccc2s1. The summed E-state index contributed by atoms with van der Waals surface area (Å²) in [7, 11) is 0. The third kappa shape index (κ3) is 3.17. The smallest absolute Gasteiger partial charge is 0.252 e. The van der Waals surface area contributed by atoms with Crippen LogP contribution >= 0.6 is 22.7 Å². The van der Waals surface area contributed by atoms with Crippen molar-refractivity contribution in [2.75, 3.05) is 0 Å². The minimum atomic E-state index is -1.54. The number of hydrogen-bond acceptors (Lipinski definition) is 6. The van der Waals surface area contributed by atoms with E-state index in [2.05, 4.69) is 10.3 Å². The maximum Gasteiger partial charge on any atom is 0.252 e. The van der Waals surface area contributed by atoms with Gasteiger partial charge in [0, 0.05) is 4.88 Å². The Hall–Kier alpha value is -1.80. The molecule has 7 heteroatoms. The van der Waals surface area contributed by atoms with Crippen molar-refractivity contribution in [1.29, 1.82) is 0 Å². The van der Waals surface area contributed by atoms with Crippen LogP contribution in [0.1, 0.15) is 16.0 Å². The van der Waals surface area contributed by atoms with Crippen molar-refractivity contribution in [2.24, 2.45) is 0 Å². The molecule has 3 rings (SSSR count). The number of thiophene rings is 1. The van der Waals surface area contributed by atoms with E-state index >= 15 is 0 Å². The molecule has 2 atom stereocenters. The highest BCUT2D eigenvalue weighted by atomic mass is 32.1. The molecular formula is C15H14N2O3S2. The highest BCUT2D eigenvalue weighted by molar-refractivity contribution is 7.18. The molecule has 5 nitrogen and oxygen atoms in total. The lowest BCUT2D eigenvalue weighted by Crippen LogP contribution is -2.38. The van der Waals surface area contributed by atoms with Gasteiger partial charge in [0.2, 0.25) is 0 Å². The third-order valence-electron chi connectivity index (χ3n) is 3.15. The molecule has 0 bridgehead atoms. The average Bonchev–Trinajstić information content (AvgIpc) is 3.19. The predicted molar refractivity (Wildman–Crippen MR) is 86.8 cm³/mol. The van der Waals surface area contributed by atoms with Gasteiger partial charge in [-0.1, -0.05) is 18.2 Å². The van der Waals surface area contributed by atoms with Gasteiger partial charge in [0.15, 0.2) is 6.10 Å². The number of para-hydroxylation sites is 1. The molecule has 0 saturated carbocycles. The van der Waals surface area contributed by atoms with Crippen molar-refractivity contribution >= 4 is 38.8 Å². The molecular weight excluding hydrogens is 320 g/mol. The van der Waals surface area contributed by atoms with Crippen LogP contribution in [0.15, 0.2) is 41.8 Å². The summed E-state index contributed by atoms with van der Waals surface area (Å²) in [5, 5.41) is 25.0. The standard InChI is InChI=1S/C15H14N2O3S2/c18-12(14(20)16-8-9-4-3-7-21-9)13(19)15-17-10-5-1-2-6-11(10)22-15/h1-7,12-13,18-19H,8H2,(H,16,20). The molecule has 0 fully saturated rings. The second kappa shape index (κ2) is 6.53. The van der Waals surface area contributed by atoms with Crippen LogP contribution in [0.25, 0.3) is 10.2 Å². The summed E-state index contributed by atoms with van der Waals surface area (Å²) in [5.41, 5.74) is 0.743. The lowest BCUT2D eigenvalue weighted by atomic mass is 10.2. The number of aliphatic hydroxyl groups is 2. The number of aromatic nitrogens is 1. The van der Waals surface area contributed by atoms with Crippen molar-refractivity contribution < 1.29 is 15.0 Å². The number of carbonyl (C=O) groups is 1. The zero-order valence-electron chi connectivity index (χ0n) is 11.5. The van der Waals surface area contributed by atoms with Crippen LogP contribution in [-0.4, -0.2) is 27.2 Å². The van der Waals surface area contributed by atoms with Gasteiger partial charge in [-0.15, -0.1) is 22.7 Å². The number of aliphatic hydroxyl groups excluding tert-OH is 2. The average molecular weight is 334 g/mol. The van der Waals surface area contributed by atoms with E-state index in [4.69, 9.17) is 0 Å². The highest BCUT2D eigenvalue weighted by Gasteiger charge is 2.28. The third-order valence-corrected chi connectivity index (χ3v) is 5.13. The molecule has 0 saturated heterocycles. The first-order valence-electron chi connectivity index (χ1n) is 6.67. The number of benzene rings is 1. The normalized spacial score (nSPS) is 13.9. The Morgan fingerprint density at radius 2 is 2.05 bits per heavy atom. The predicted octanol–water partition coefficient (Wildman–Crippen LogP) is 2.07. The lowest BCUT2D eigenvalue weighted by molar-refractivity contribution is -0.135. The fourth-order valence-corrected chi connectivity index (χ4v) is 3.62. The Balaban J connectivity index is 1.67. The number of nitrogens with one attached hydrogen (secondary N) is 1. The van der Waals surface area contributed by atoms with E-state index in [0.717, 1.165) is 15.1 Å². The number of rotatable bonds is 5. The summed E-state index contributed by atoms with van der Waals surface area (Å²) in [6.07, 6.45) is -2.87. The zero-order chi connectivity index (χ0) is 15.5. The van der Waals surface area contributed by atoms with Crippen LogP contribution in [0.3, 0.4) is 0 Å². The summed E-state index contributed by atoms with van der Waals surface area (Å²) in [5.74, 6) is -0.611. The van der Waals surface area contributed by atoms with E-state index in [1.54, 1.807) is 0 Å². The number of carbonyl (C=O) groups excluding carboxylic acids is 1. The Labute approximate surface area is 134 Å². The Bertz CT molecular complexity index is 737. The molecule has 3 N–H and O–H groups in total. The van der Waals surface area contributed by atoms with Gasteiger partial charge in [-0.3, -0.25) is 4.79 Å². The molecule has 0 radical (unpaired) electrons. The summed E-state index contributed by atoms with van der Waals surface area (Å²) in [4.78, 5) is 17.2. The summed E-state index contributed by atoms with van der Waals surface area (Å²) in [6, 6.07) is 11.2. The van der Waals surface area contributed by atoms with Gasteiger partial charge in [0.05, 0.1) is 16.8 Å². The van der Waals surface area contributed by atoms with E-state index in [1.807, 2.05) is 41.8 Å². The zero-order valence-corrected chi connectivity index (χ0v) is 13.1. The number of hydrogen-bond donors (Lipinski definition) is 3. The summed E-state index contributed by atoms with van der Waals surface area (Å²) < 4.78 is 0.905. The molecule has 2 aromatic heterocycles. The van der Waals surface area contributed by atoms with Crippen LogP contribution in [0.2, 0.25) is 0 Å². The van der Waals surface area contributed by atoms with Crippen molar-refractivity contribution in [2.45, 2.75) is 18.8 Å².